The molecule has 0 heterocycles. The first-order valence-electron chi connectivity index (χ1n) is 7.82. The van der Waals surface area contributed by atoms with E-state index in [2.05, 4.69) is 18.5 Å². The molecule has 0 aromatic carbocycles. The molecule has 2 rings (SSSR count). The Kier molecular flexibility index (Phi) is 5.48. The van der Waals surface area contributed by atoms with E-state index in [1.807, 2.05) is 0 Å². The first-order valence-corrected chi connectivity index (χ1v) is 10.9. The summed E-state index contributed by atoms with van der Waals surface area (Å²) in [5.74, 6) is -3.30. The zero-order chi connectivity index (χ0) is 19.9. The average molecular weight is 407 g/mol. The van der Waals surface area contributed by atoms with Gasteiger partial charge in [0.25, 0.3) is 20.2 Å². The fourth-order valence-electron chi connectivity index (χ4n) is 4.67. The van der Waals surface area contributed by atoms with Crippen LogP contribution in [-0.4, -0.2) is 54.7 Å². The molecule has 11 heteroatoms. The van der Waals surface area contributed by atoms with Crippen LogP contribution in [0.25, 0.3) is 0 Å². The average Bonchev–Trinajstić information content (AvgIpc) is 2.99. The van der Waals surface area contributed by atoms with Crippen LogP contribution in [0.3, 0.4) is 0 Å². The molecule has 3 N–H and O–H groups in total. The fraction of sp³-hybridized carbons (Fsp3) is 0.600. The summed E-state index contributed by atoms with van der Waals surface area (Å²) in [5.41, 5.74) is -1.26. The number of hydrogen-bond donors (Lipinski definition) is 3. The van der Waals surface area contributed by atoms with Gasteiger partial charge in [0.2, 0.25) is 5.91 Å². The van der Waals surface area contributed by atoms with Gasteiger partial charge in [0, 0.05) is 6.42 Å². The third-order valence-corrected chi connectivity index (χ3v) is 7.63. The van der Waals surface area contributed by atoms with Crippen LogP contribution in [0.1, 0.15) is 19.3 Å². The van der Waals surface area contributed by atoms with Gasteiger partial charge in [-0.05, 0) is 42.2 Å². The molecule has 2 aliphatic rings. The maximum Gasteiger partial charge on any atom is 0.270 e. The van der Waals surface area contributed by atoms with E-state index in [1.165, 1.54) is 0 Å². The second-order valence-electron chi connectivity index (χ2n) is 6.96. The molecule has 0 radical (unpaired) electrons. The molecule has 0 spiro atoms. The summed E-state index contributed by atoms with van der Waals surface area (Å²) in [7, 11) is -9.01. The minimum absolute atomic E-state index is 0.00194. The summed E-state index contributed by atoms with van der Waals surface area (Å²) in [6.45, 7) is 6.63. The lowest BCUT2D eigenvalue weighted by atomic mass is 9.69. The van der Waals surface area contributed by atoms with Crippen molar-refractivity contribution in [2.45, 2.75) is 30.6 Å². The molecule has 26 heavy (non-hydrogen) atoms. The summed E-state index contributed by atoms with van der Waals surface area (Å²) in [6.07, 6.45) is 1.87. The number of allylic oxidation sites excluding steroid dienone is 1. The van der Waals surface area contributed by atoms with E-state index in [-0.39, 0.29) is 19.3 Å². The van der Waals surface area contributed by atoms with Crippen molar-refractivity contribution in [3.63, 3.8) is 0 Å². The van der Waals surface area contributed by atoms with E-state index in [4.69, 9.17) is 0 Å². The highest BCUT2D eigenvalue weighted by atomic mass is 32.2. The van der Waals surface area contributed by atoms with E-state index >= 15 is 0 Å². The number of hydrogen-bond acceptors (Lipinski definition) is 6. The minimum Gasteiger partial charge on any atom is -0.348 e. The molecule has 2 fully saturated rings. The van der Waals surface area contributed by atoms with Crippen LogP contribution in [0.2, 0.25) is 0 Å². The van der Waals surface area contributed by atoms with Gasteiger partial charge >= 0.3 is 0 Å². The van der Waals surface area contributed by atoms with Crippen molar-refractivity contribution < 1.29 is 35.5 Å². The first-order chi connectivity index (χ1) is 11.8. The maximum absolute atomic E-state index is 11.9. The standard InChI is InChI=1S/C15H21NO8S2/c1-3-10(17)7-15(8-25(19,20)21)6-9-5-11(15)13(16-12(18)4-2)14(9)26(22,23)24/h3-4,9,11,13-14H,1-2,5-8H2,(H,16,18)(H,19,20,21)(H,22,23,24). The highest BCUT2D eigenvalue weighted by molar-refractivity contribution is 7.86. The molecule has 0 aromatic heterocycles. The number of carbonyl (C=O) groups excluding carboxylic acids is 2. The Balaban J connectivity index is 2.50. The third kappa shape index (κ3) is 4.05. The molecule has 2 saturated carbocycles. The summed E-state index contributed by atoms with van der Waals surface area (Å²) in [4.78, 5) is 23.7. The molecule has 0 aromatic rings. The molecular formula is C15H21NO8S2. The van der Waals surface area contributed by atoms with Crippen LogP contribution >= 0.6 is 0 Å². The van der Waals surface area contributed by atoms with Gasteiger partial charge in [-0.3, -0.25) is 18.7 Å². The quantitative estimate of drug-likeness (QED) is 0.374. The predicted molar refractivity (Wildman–Crippen MR) is 92.3 cm³/mol. The third-order valence-electron chi connectivity index (χ3n) is 5.33. The second kappa shape index (κ2) is 6.87. The largest absolute Gasteiger partial charge is 0.348 e. The maximum atomic E-state index is 11.9. The summed E-state index contributed by atoms with van der Waals surface area (Å²) < 4.78 is 65.6. The Morgan fingerprint density at radius 1 is 1.15 bits per heavy atom. The van der Waals surface area contributed by atoms with Crippen molar-refractivity contribution in [3.05, 3.63) is 25.3 Å². The lowest BCUT2D eigenvalue weighted by molar-refractivity contribution is -0.118. The van der Waals surface area contributed by atoms with Gasteiger partial charge < -0.3 is 5.32 Å². The molecule has 146 valence electrons. The monoisotopic (exact) mass is 407 g/mol. The van der Waals surface area contributed by atoms with Crippen molar-refractivity contribution in [2.24, 2.45) is 17.3 Å². The van der Waals surface area contributed by atoms with Gasteiger partial charge in [0.15, 0.2) is 5.78 Å². The number of amides is 1. The van der Waals surface area contributed by atoms with Crippen LogP contribution in [0.15, 0.2) is 25.3 Å². The van der Waals surface area contributed by atoms with Crippen molar-refractivity contribution >= 4 is 31.9 Å². The second-order valence-corrected chi connectivity index (χ2v) is 9.99. The Hall–Kier alpha value is -1.56. The van der Waals surface area contributed by atoms with Crippen molar-refractivity contribution in [2.75, 3.05) is 5.75 Å². The van der Waals surface area contributed by atoms with Crippen molar-refractivity contribution in [1.29, 1.82) is 0 Å². The van der Waals surface area contributed by atoms with Gasteiger partial charge in [-0.15, -0.1) is 0 Å². The van der Waals surface area contributed by atoms with Gasteiger partial charge in [-0.25, -0.2) is 0 Å². The fourth-order valence-corrected chi connectivity index (χ4v) is 7.15. The van der Waals surface area contributed by atoms with Gasteiger partial charge in [-0.2, -0.15) is 16.8 Å². The highest BCUT2D eigenvalue weighted by Crippen LogP contribution is 2.59. The normalized spacial score (nSPS) is 33.6. The Morgan fingerprint density at radius 2 is 1.77 bits per heavy atom. The summed E-state index contributed by atoms with van der Waals surface area (Å²) >= 11 is 0. The highest BCUT2D eigenvalue weighted by Gasteiger charge is 2.64. The molecule has 5 atom stereocenters. The lowest BCUT2D eigenvalue weighted by Crippen LogP contribution is -2.56. The Bertz CT molecular complexity index is 847. The topological polar surface area (TPSA) is 155 Å². The summed E-state index contributed by atoms with van der Waals surface area (Å²) in [5, 5.41) is 1.12. The molecule has 0 aliphatic heterocycles. The van der Waals surface area contributed by atoms with Crippen LogP contribution < -0.4 is 5.32 Å². The van der Waals surface area contributed by atoms with E-state index in [0.717, 1.165) is 12.2 Å². The van der Waals surface area contributed by atoms with Gasteiger partial charge in [-0.1, -0.05) is 13.2 Å². The molecule has 9 nitrogen and oxygen atoms in total. The smallest absolute Gasteiger partial charge is 0.270 e. The lowest BCUT2D eigenvalue weighted by Gasteiger charge is -2.43. The zero-order valence-corrected chi connectivity index (χ0v) is 15.5. The first kappa shape index (κ1) is 20.7. The van der Waals surface area contributed by atoms with Crippen LogP contribution in [0.4, 0.5) is 0 Å². The molecule has 2 bridgehead atoms. The SMILES string of the molecule is C=CC(=O)CC1(CS(=O)(=O)O)CC2CC1C(NC(=O)C=C)C2S(=O)(=O)O. The van der Waals surface area contributed by atoms with Crippen LogP contribution in [0.5, 0.6) is 0 Å². The predicted octanol–water partition coefficient (Wildman–Crippen LogP) is -0.0272. The zero-order valence-electron chi connectivity index (χ0n) is 13.9. The number of ketones is 1. The number of nitrogens with one attached hydrogen (secondary N) is 1. The molecule has 0 saturated heterocycles. The number of rotatable bonds is 8. The van der Waals surface area contributed by atoms with Crippen molar-refractivity contribution in [1.82, 2.24) is 5.32 Å². The van der Waals surface area contributed by atoms with E-state index < -0.39 is 66.2 Å². The van der Waals surface area contributed by atoms with Crippen molar-refractivity contribution in [3.8, 4) is 0 Å². The molecule has 1 amide bonds. The van der Waals surface area contributed by atoms with Gasteiger partial charge in [0.1, 0.15) is 5.25 Å². The Labute approximate surface area is 152 Å². The molecule has 5 unspecified atom stereocenters. The van der Waals surface area contributed by atoms with Crippen LogP contribution in [0, 0.1) is 17.3 Å². The molecule has 2 aliphatic carbocycles. The Morgan fingerprint density at radius 3 is 2.23 bits per heavy atom. The van der Waals surface area contributed by atoms with E-state index in [1.54, 1.807) is 0 Å². The minimum atomic E-state index is -4.53. The summed E-state index contributed by atoms with van der Waals surface area (Å²) in [6, 6.07) is -1.10. The van der Waals surface area contributed by atoms with Crippen LogP contribution in [-0.2, 0) is 29.8 Å². The molecular weight excluding hydrogens is 386 g/mol. The van der Waals surface area contributed by atoms with Gasteiger partial charge in [0.05, 0.1) is 11.8 Å². The van der Waals surface area contributed by atoms with E-state index in [0.29, 0.717) is 0 Å². The number of carbonyl (C=O) groups is 2. The van der Waals surface area contributed by atoms with E-state index in [9.17, 15) is 35.5 Å². The number of fused-ring (bicyclic) bond motifs is 2.